The molecule has 13 heteroatoms. The molecule has 0 saturated heterocycles. The monoisotopic (exact) mass is 433 g/mol. The zero-order chi connectivity index (χ0) is 21.3. The van der Waals surface area contributed by atoms with Gasteiger partial charge in [-0.3, -0.25) is 14.7 Å². The molecule has 0 bridgehead atoms. The minimum Gasteiger partial charge on any atom is -0.316 e. The molecular weight excluding hydrogens is 417 g/mol. The first-order chi connectivity index (χ1) is 14.4. The molecule has 3 aromatic heterocycles. The molecule has 0 unspecified atom stereocenters. The normalized spacial score (nSPS) is 11.9. The molecule has 0 fully saturated rings. The third kappa shape index (κ3) is 3.66. The standard InChI is InChI=1S/C17H16FN7O4S/c18-11-7-12-14(8-13(11)24-5-3-19-10-24)25(16(27)15(26)22-12)4-1-2-6-30(28,29)17-20-9-21-23-17/h3,5,7-10H,1-2,4,6H2,(H,22,26)(H,20,21,23). The van der Waals surface area contributed by atoms with Gasteiger partial charge in [0.1, 0.15) is 12.1 Å². The van der Waals surface area contributed by atoms with Crippen molar-refractivity contribution in [2.75, 3.05) is 5.75 Å². The zero-order valence-corrected chi connectivity index (χ0v) is 16.3. The molecule has 0 atom stereocenters. The van der Waals surface area contributed by atoms with Crippen LogP contribution in [-0.2, 0) is 16.4 Å². The maximum atomic E-state index is 14.5. The summed E-state index contributed by atoms with van der Waals surface area (Å²) in [6, 6.07) is 2.57. The van der Waals surface area contributed by atoms with Crippen LogP contribution in [0.15, 0.2) is 51.9 Å². The van der Waals surface area contributed by atoms with Crippen molar-refractivity contribution in [3.8, 4) is 5.69 Å². The number of hydrogen-bond acceptors (Lipinski definition) is 7. The second kappa shape index (κ2) is 7.67. The van der Waals surface area contributed by atoms with Gasteiger partial charge in [0, 0.05) is 25.0 Å². The lowest BCUT2D eigenvalue weighted by Crippen LogP contribution is -2.36. The summed E-state index contributed by atoms with van der Waals surface area (Å²) < 4.78 is 41.4. The third-order valence-corrected chi connectivity index (χ3v) is 6.17. The molecular formula is C17H16FN7O4S. The van der Waals surface area contributed by atoms with Crippen LogP contribution in [0.1, 0.15) is 12.8 Å². The van der Waals surface area contributed by atoms with Crippen LogP contribution in [0.5, 0.6) is 0 Å². The van der Waals surface area contributed by atoms with E-state index in [1.54, 1.807) is 6.20 Å². The number of nitrogens with one attached hydrogen (secondary N) is 2. The van der Waals surface area contributed by atoms with Crippen molar-refractivity contribution in [1.29, 1.82) is 0 Å². The number of aromatic nitrogens is 7. The topological polar surface area (TPSA) is 148 Å². The Morgan fingerprint density at radius 1 is 1.17 bits per heavy atom. The molecule has 4 rings (SSSR count). The first kappa shape index (κ1) is 19.7. The average molecular weight is 433 g/mol. The molecule has 2 N–H and O–H groups in total. The first-order valence-corrected chi connectivity index (χ1v) is 10.5. The molecule has 4 aromatic rings. The van der Waals surface area contributed by atoms with E-state index in [1.807, 2.05) is 0 Å². The van der Waals surface area contributed by atoms with E-state index in [2.05, 4.69) is 25.1 Å². The smallest absolute Gasteiger partial charge is 0.316 e. The molecule has 0 radical (unpaired) electrons. The maximum Gasteiger partial charge on any atom is 0.316 e. The van der Waals surface area contributed by atoms with Gasteiger partial charge in [-0.15, -0.1) is 0 Å². The van der Waals surface area contributed by atoms with Crippen LogP contribution in [-0.4, -0.2) is 48.5 Å². The Balaban J connectivity index is 1.63. The molecule has 11 nitrogen and oxygen atoms in total. The molecule has 0 amide bonds. The Morgan fingerprint density at radius 2 is 2.00 bits per heavy atom. The van der Waals surface area contributed by atoms with E-state index >= 15 is 0 Å². The van der Waals surface area contributed by atoms with Crippen molar-refractivity contribution in [3.05, 3.63) is 63.7 Å². The number of sulfone groups is 1. The lowest BCUT2D eigenvalue weighted by molar-refractivity contribution is 0.574. The summed E-state index contributed by atoms with van der Waals surface area (Å²) >= 11 is 0. The van der Waals surface area contributed by atoms with Crippen molar-refractivity contribution >= 4 is 20.9 Å². The highest BCUT2D eigenvalue weighted by molar-refractivity contribution is 7.91. The second-order valence-electron chi connectivity index (χ2n) is 6.52. The molecule has 156 valence electrons. The highest BCUT2D eigenvalue weighted by Crippen LogP contribution is 2.20. The van der Waals surface area contributed by atoms with Crippen molar-refractivity contribution in [2.24, 2.45) is 0 Å². The van der Waals surface area contributed by atoms with Crippen LogP contribution < -0.4 is 11.1 Å². The first-order valence-electron chi connectivity index (χ1n) is 8.89. The number of nitrogens with zero attached hydrogens (tertiary/aromatic N) is 5. The van der Waals surface area contributed by atoms with Gasteiger partial charge in [0.05, 0.1) is 28.8 Å². The van der Waals surface area contributed by atoms with E-state index in [9.17, 15) is 22.4 Å². The van der Waals surface area contributed by atoms with E-state index in [-0.39, 0.29) is 35.1 Å². The van der Waals surface area contributed by atoms with E-state index < -0.39 is 26.8 Å². The summed E-state index contributed by atoms with van der Waals surface area (Å²) in [5, 5.41) is 5.61. The number of imidazole rings is 1. The summed E-state index contributed by atoms with van der Waals surface area (Å²) in [7, 11) is -3.62. The van der Waals surface area contributed by atoms with E-state index in [1.165, 1.54) is 27.7 Å². The Morgan fingerprint density at radius 3 is 2.70 bits per heavy atom. The summed E-state index contributed by atoms with van der Waals surface area (Å²) in [5.41, 5.74) is -1.04. The average Bonchev–Trinajstić information content (AvgIpc) is 3.42. The fourth-order valence-corrected chi connectivity index (χ4v) is 4.28. The number of halogens is 1. The lowest BCUT2D eigenvalue weighted by atomic mass is 10.2. The van der Waals surface area contributed by atoms with Gasteiger partial charge in [0.25, 0.3) is 0 Å². The van der Waals surface area contributed by atoms with E-state index in [0.717, 1.165) is 12.4 Å². The molecule has 0 spiro atoms. The van der Waals surface area contributed by atoms with Crippen LogP contribution in [0.2, 0.25) is 0 Å². The van der Waals surface area contributed by atoms with Gasteiger partial charge < -0.3 is 14.1 Å². The van der Waals surface area contributed by atoms with Gasteiger partial charge in [0.2, 0.25) is 15.0 Å². The summed E-state index contributed by atoms with van der Waals surface area (Å²) in [5.74, 6) is -0.799. The molecule has 1 aromatic carbocycles. The van der Waals surface area contributed by atoms with Crippen molar-refractivity contribution in [3.63, 3.8) is 0 Å². The van der Waals surface area contributed by atoms with Gasteiger partial charge >= 0.3 is 11.1 Å². The molecule has 0 aliphatic carbocycles. The highest BCUT2D eigenvalue weighted by atomic mass is 32.2. The number of rotatable bonds is 7. The van der Waals surface area contributed by atoms with Gasteiger partial charge in [-0.1, -0.05) is 0 Å². The van der Waals surface area contributed by atoms with Crippen LogP contribution in [0.25, 0.3) is 16.7 Å². The Labute approximate surface area is 168 Å². The van der Waals surface area contributed by atoms with Crippen LogP contribution in [0.3, 0.4) is 0 Å². The van der Waals surface area contributed by atoms with Gasteiger partial charge in [0.15, 0.2) is 0 Å². The van der Waals surface area contributed by atoms with Crippen molar-refractivity contribution in [2.45, 2.75) is 24.5 Å². The van der Waals surface area contributed by atoms with Gasteiger partial charge in [-0.05, 0) is 18.9 Å². The molecule has 30 heavy (non-hydrogen) atoms. The fraction of sp³-hybridized carbons (Fsp3) is 0.235. The van der Waals surface area contributed by atoms with Gasteiger partial charge in [-0.2, -0.15) is 5.10 Å². The van der Waals surface area contributed by atoms with E-state index in [4.69, 9.17) is 0 Å². The number of H-pyrrole nitrogens is 2. The number of hydrogen-bond donors (Lipinski definition) is 2. The predicted octanol–water partition coefficient (Wildman–Crippen LogP) is 0.387. The predicted molar refractivity (Wildman–Crippen MR) is 104 cm³/mol. The van der Waals surface area contributed by atoms with Crippen LogP contribution >= 0.6 is 0 Å². The minimum atomic E-state index is -3.62. The third-order valence-electron chi connectivity index (χ3n) is 4.56. The number of benzene rings is 1. The number of fused-ring (bicyclic) bond motifs is 1. The fourth-order valence-electron chi connectivity index (χ4n) is 3.11. The quantitative estimate of drug-likeness (QED) is 0.316. The Hall–Kier alpha value is -3.61. The van der Waals surface area contributed by atoms with E-state index in [0.29, 0.717) is 11.9 Å². The van der Waals surface area contributed by atoms with Crippen LogP contribution in [0, 0.1) is 5.82 Å². The number of unbranched alkanes of at least 4 members (excludes halogenated alkanes) is 1. The highest BCUT2D eigenvalue weighted by Gasteiger charge is 2.18. The SMILES string of the molecule is O=c1[nH]c2cc(F)c(-n3ccnc3)cc2n(CCCCS(=O)(=O)c2ncn[nH]2)c1=O. The van der Waals surface area contributed by atoms with Crippen molar-refractivity contribution in [1.82, 2.24) is 34.3 Å². The Kier molecular flexibility index (Phi) is 5.03. The summed E-state index contributed by atoms with van der Waals surface area (Å²) in [4.78, 5) is 34.3. The Bertz CT molecular complexity index is 1410. The summed E-state index contributed by atoms with van der Waals surface area (Å²) in [6.45, 7) is 0.0835. The van der Waals surface area contributed by atoms with Crippen LogP contribution in [0.4, 0.5) is 4.39 Å². The molecule has 0 aliphatic heterocycles. The van der Waals surface area contributed by atoms with Crippen molar-refractivity contribution < 1.29 is 12.8 Å². The van der Waals surface area contributed by atoms with Gasteiger partial charge in [-0.25, -0.2) is 22.8 Å². The largest absolute Gasteiger partial charge is 0.316 e. The number of aromatic amines is 2. The zero-order valence-electron chi connectivity index (χ0n) is 15.4. The molecule has 3 heterocycles. The lowest BCUT2D eigenvalue weighted by Gasteiger charge is -2.12. The maximum absolute atomic E-state index is 14.5. The molecule has 0 saturated carbocycles. The minimum absolute atomic E-state index is 0.0835. The molecule has 0 aliphatic rings. The second-order valence-corrected chi connectivity index (χ2v) is 8.54. The summed E-state index contributed by atoms with van der Waals surface area (Å²) in [6.07, 6.45) is 6.06. The number of aryl methyl sites for hydroxylation is 1.